The highest BCUT2D eigenvalue weighted by atomic mass is 15.1. The second-order valence-corrected chi connectivity index (χ2v) is 4.08. The summed E-state index contributed by atoms with van der Waals surface area (Å²) in [5.41, 5.74) is 9.23. The average molecular weight is 207 g/mol. The summed E-state index contributed by atoms with van der Waals surface area (Å²) in [6, 6.07) is 6.32. The summed E-state index contributed by atoms with van der Waals surface area (Å²) in [6.45, 7) is 4.73. The first-order valence-electron chi connectivity index (χ1n) is 5.31. The lowest BCUT2D eigenvalue weighted by molar-refractivity contribution is 0.425. The standard InChI is InChI=1S/C12H21N3/c1-10-8-11(9-13)4-5-12(10)14-6-7-15(2)3/h4-5,8,14H,6-7,9,13H2,1-3H3. The van der Waals surface area contributed by atoms with E-state index in [0.29, 0.717) is 6.54 Å². The first kappa shape index (κ1) is 12.0. The molecule has 1 aromatic rings. The zero-order chi connectivity index (χ0) is 11.3. The minimum atomic E-state index is 0.610. The molecule has 0 heterocycles. The van der Waals surface area contributed by atoms with Crippen molar-refractivity contribution in [1.82, 2.24) is 4.90 Å². The van der Waals surface area contributed by atoms with Crippen LogP contribution in [0.15, 0.2) is 18.2 Å². The maximum absolute atomic E-state index is 5.58. The van der Waals surface area contributed by atoms with E-state index in [1.165, 1.54) is 16.8 Å². The van der Waals surface area contributed by atoms with E-state index in [0.717, 1.165) is 13.1 Å². The summed E-state index contributed by atoms with van der Waals surface area (Å²) < 4.78 is 0. The monoisotopic (exact) mass is 207 g/mol. The van der Waals surface area contributed by atoms with Crippen molar-refractivity contribution in [3.8, 4) is 0 Å². The second-order valence-electron chi connectivity index (χ2n) is 4.08. The van der Waals surface area contributed by atoms with Gasteiger partial charge in [0, 0.05) is 25.3 Å². The van der Waals surface area contributed by atoms with Crippen molar-refractivity contribution in [2.75, 3.05) is 32.5 Å². The third kappa shape index (κ3) is 3.90. The van der Waals surface area contributed by atoms with Crippen LogP contribution >= 0.6 is 0 Å². The minimum Gasteiger partial charge on any atom is -0.384 e. The van der Waals surface area contributed by atoms with Crippen LogP contribution in [-0.4, -0.2) is 32.1 Å². The van der Waals surface area contributed by atoms with Crippen LogP contribution in [0.1, 0.15) is 11.1 Å². The lowest BCUT2D eigenvalue weighted by Gasteiger charge is -2.13. The molecule has 0 aromatic heterocycles. The number of hydrogen-bond acceptors (Lipinski definition) is 3. The van der Waals surface area contributed by atoms with Gasteiger partial charge in [-0.15, -0.1) is 0 Å². The summed E-state index contributed by atoms with van der Waals surface area (Å²) in [4.78, 5) is 2.16. The maximum Gasteiger partial charge on any atom is 0.0370 e. The summed E-state index contributed by atoms with van der Waals surface area (Å²) in [7, 11) is 4.15. The highest BCUT2D eigenvalue weighted by Crippen LogP contribution is 2.15. The number of aryl methyl sites for hydroxylation is 1. The normalized spacial score (nSPS) is 10.7. The van der Waals surface area contributed by atoms with Gasteiger partial charge in [-0.05, 0) is 38.2 Å². The van der Waals surface area contributed by atoms with E-state index in [4.69, 9.17) is 5.73 Å². The van der Waals surface area contributed by atoms with Crippen LogP contribution in [0.4, 0.5) is 5.69 Å². The zero-order valence-corrected chi connectivity index (χ0v) is 9.88. The molecule has 0 spiro atoms. The summed E-state index contributed by atoms with van der Waals surface area (Å²) in [6.07, 6.45) is 0. The molecule has 0 bridgehead atoms. The Bertz CT molecular complexity index is 308. The summed E-state index contributed by atoms with van der Waals surface area (Å²) >= 11 is 0. The highest BCUT2D eigenvalue weighted by Gasteiger charge is 1.98. The lowest BCUT2D eigenvalue weighted by atomic mass is 10.1. The van der Waals surface area contributed by atoms with Crippen molar-refractivity contribution >= 4 is 5.69 Å². The van der Waals surface area contributed by atoms with E-state index < -0.39 is 0 Å². The number of anilines is 1. The molecule has 1 aromatic carbocycles. The topological polar surface area (TPSA) is 41.3 Å². The molecule has 3 heteroatoms. The quantitative estimate of drug-likeness (QED) is 0.767. The number of benzene rings is 1. The van der Waals surface area contributed by atoms with E-state index in [9.17, 15) is 0 Å². The Balaban J connectivity index is 2.54. The highest BCUT2D eigenvalue weighted by molar-refractivity contribution is 5.52. The number of nitrogens with two attached hydrogens (primary N) is 1. The van der Waals surface area contributed by atoms with Gasteiger partial charge >= 0.3 is 0 Å². The molecule has 0 aliphatic rings. The van der Waals surface area contributed by atoms with Crippen molar-refractivity contribution in [1.29, 1.82) is 0 Å². The van der Waals surface area contributed by atoms with E-state index in [-0.39, 0.29) is 0 Å². The van der Waals surface area contributed by atoms with Crippen molar-refractivity contribution in [2.24, 2.45) is 5.73 Å². The molecule has 3 N–H and O–H groups in total. The molecular formula is C12H21N3. The van der Waals surface area contributed by atoms with Crippen LogP contribution in [-0.2, 0) is 6.54 Å². The molecule has 0 fully saturated rings. The van der Waals surface area contributed by atoms with Gasteiger partial charge < -0.3 is 16.0 Å². The molecule has 84 valence electrons. The van der Waals surface area contributed by atoms with Gasteiger partial charge in [-0.3, -0.25) is 0 Å². The predicted octanol–water partition coefficient (Wildman–Crippen LogP) is 1.43. The molecule has 0 atom stereocenters. The Morgan fingerprint density at radius 1 is 1.33 bits per heavy atom. The first-order chi connectivity index (χ1) is 7.13. The molecule has 0 saturated heterocycles. The molecule has 0 aliphatic heterocycles. The van der Waals surface area contributed by atoms with Crippen LogP contribution in [0.25, 0.3) is 0 Å². The van der Waals surface area contributed by atoms with E-state index in [1.54, 1.807) is 0 Å². The number of hydrogen-bond donors (Lipinski definition) is 2. The molecule has 0 saturated carbocycles. The number of likely N-dealkylation sites (N-methyl/N-ethyl adjacent to an activating group) is 1. The van der Waals surface area contributed by atoms with Crippen LogP contribution in [0.3, 0.4) is 0 Å². The van der Waals surface area contributed by atoms with Gasteiger partial charge in [0.2, 0.25) is 0 Å². The Labute approximate surface area is 92.3 Å². The SMILES string of the molecule is Cc1cc(CN)ccc1NCCN(C)C. The fourth-order valence-corrected chi connectivity index (χ4v) is 1.47. The number of nitrogens with zero attached hydrogens (tertiary/aromatic N) is 1. The largest absolute Gasteiger partial charge is 0.384 e. The molecule has 0 aliphatic carbocycles. The molecule has 0 amide bonds. The third-order valence-electron chi connectivity index (χ3n) is 2.40. The minimum absolute atomic E-state index is 0.610. The van der Waals surface area contributed by atoms with Gasteiger partial charge in [-0.2, -0.15) is 0 Å². The number of nitrogens with one attached hydrogen (secondary N) is 1. The molecule has 3 nitrogen and oxygen atoms in total. The van der Waals surface area contributed by atoms with Crippen molar-refractivity contribution in [3.63, 3.8) is 0 Å². The molecule has 0 radical (unpaired) electrons. The summed E-state index contributed by atoms with van der Waals surface area (Å²) in [5, 5.41) is 3.41. The number of rotatable bonds is 5. The van der Waals surface area contributed by atoms with Gasteiger partial charge in [0.05, 0.1) is 0 Å². The van der Waals surface area contributed by atoms with E-state index >= 15 is 0 Å². The Morgan fingerprint density at radius 2 is 2.07 bits per heavy atom. The van der Waals surface area contributed by atoms with Gasteiger partial charge in [0.15, 0.2) is 0 Å². The third-order valence-corrected chi connectivity index (χ3v) is 2.40. The van der Waals surface area contributed by atoms with E-state index in [2.05, 4.69) is 49.4 Å². The maximum atomic E-state index is 5.58. The van der Waals surface area contributed by atoms with Crippen LogP contribution in [0.5, 0.6) is 0 Å². The van der Waals surface area contributed by atoms with Gasteiger partial charge in [0.1, 0.15) is 0 Å². The van der Waals surface area contributed by atoms with Gasteiger partial charge in [-0.1, -0.05) is 12.1 Å². The predicted molar refractivity (Wildman–Crippen MR) is 66.1 cm³/mol. The Kier molecular flexibility index (Phi) is 4.59. The smallest absolute Gasteiger partial charge is 0.0370 e. The van der Waals surface area contributed by atoms with Crippen LogP contribution in [0, 0.1) is 6.92 Å². The van der Waals surface area contributed by atoms with Gasteiger partial charge in [-0.25, -0.2) is 0 Å². The molecule has 15 heavy (non-hydrogen) atoms. The van der Waals surface area contributed by atoms with Crippen molar-refractivity contribution < 1.29 is 0 Å². The molecular weight excluding hydrogens is 186 g/mol. The van der Waals surface area contributed by atoms with E-state index in [1.807, 2.05) is 0 Å². The van der Waals surface area contributed by atoms with Crippen molar-refractivity contribution in [2.45, 2.75) is 13.5 Å². The zero-order valence-electron chi connectivity index (χ0n) is 9.88. The first-order valence-corrected chi connectivity index (χ1v) is 5.31. The van der Waals surface area contributed by atoms with Crippen LogP contribution in [0.2, 0.25) is 0 Å². The molecule has 1 rings (SSSR count). The van der Waals surface area contributed by atoms with Crippen molar-refractivity contribution in [3.05, 3.63) is 29.3 Å². The lowest BCUT2D eigenvalue weighted by Crippen LogP contribution is -2.21. The fourth-order valence-electron chi connectivity index (χ4n) is 1.47. The molecule has 0 unspecified atom stereocenters. The van der Waals surface area contributed by atoms with Gasteiger partial charge in [0.25, 0.3) is 0 Å². The Morgan fingerprint density at radius 3 is 2.60 bits per heavy atom. The second kappa shape index (κ2) is 5.73. The van der Waals surface area contributed by atoms with Crippen LogP contribution < -0.4 is 11.1 Å². The summed E-state index contributed by atoms with van der Waals surface area (Å²) in [5.74, 6) is 0. The fraction of sp³-hybridized carbons (Fsp3) is 0.500. The average Bonchev–Trinajstić information content (AvgIpc) is 2.20. The Hall–Kier alpha value is -1.06.